The van der Waals surface area contributed by atoms with E-state index in [-0.39, 0.29) is 28.9 Å². The largest absolute Gasteiger partial charge is 0.349 e. The third-order valence-corrected chi connectivity index (χ3v) is 5.02. The fourth-order valence-electron chi connectivity index (χ4n) is 4.41. The Bertz CT molecular complexity index is 678. The molecule has 5 heteroatoms. The van der Waals surface area contributed by atoms with E-state index >= 15 is 0 Å². The second-order valence-corrected chi connectivity index (χ2v) is 8.75. The van der Waals surface area contributed by atoms with E-state index in [1.54, 1.807) is 6.07 Å². The van der Waals surface area contributed by atoms with Gasteiger partial charge < -0.3 is 16.0 Å². The van der Waals surface area contributed by atoms with Crippen molar-refractivity contribution in [3.63, 3.8) is 0 Å². The van der Waals surface area contributed by atoms with E-state index in [2.05, 4.69) is 43.6 Å². The number of carbonyl (C=O) groups is 2. The smallest absolute Gasteiger partial charge is 0.251 e. The molecule has 25 heavy (non-hydrogen) atoms. The summed E-state index contributed by atoms with van der Waals surface area (Å²) in [7, 11) is 0. The molecule has 1 aromatic rings. The molecule has 0 unspecified atom stereocenters. The van der Waals surface area contributed by atoms with E-state index < -0.39 is 0 Å². The predicted molar refractivity (Wildman–Crippen MR) is 99.8 cm³/mol. The molecule has 3 rings (SSSR count). The zero-order valence-corrected chi connectivity index (χ0v) is 15.7. The monoisotopic (exact) mass is 343 g/mol. The van der Waals surface area contributed by atoms with Crippen LogP contribution in [0.25, 0.3) is 0 Å². The summed E-state index contributed by atoms with van der Waals surface area (Å²) in [6, 6.07) is 5.73. The fourth-order valence-corrected chi connectivity index (χ4v) is 4.41. The van der Waals surface area contributed by atoms with Gasteiger partial charge in [-0.15, -0.1) is 0 Å². The standard InChI is InChI=1S/C20H29N3O2/c1-19(2)11-15(12-20(3,4)23-19)21-18(25)14-8-9-16-13(10-14)6-5-7-17(24)22-16/h8-10,15,23H,5-7,11-12H2,1-4H3,(H,21,25)(H,22,24). The van der Waals surface area contributed by atoms with Crippen molar-refractivity contribution in [1.82, 2.24) is 10.6 Å². The number of hydrogen-bond acceptors (Lipinski definition) is 3. The first kappa shape index (κ1) is 17.9. The summed E-state index contributed by atoms with van der Waals surface area (Å²) in [5.74, 6) is 0.0204. The average Bonchev–Trinajstić information content (AvgIpc) is 2.63. The molecule has 136 valence electrons. The van der Waals surface area contributed by atoms with E-state index in [0.717, 1.165) is 36.9 Å². The molecule has 0 saturated carbocycles. The number of hydrogen-bond donors (Lipinski definition) is 3. The van der Waals surface area contributed by atoms with Crippen molar-refractivity contribution in [2.24, 2.45) is 0 Å². The lowest BCUT2D eigenvalue weighted by Crippen LogP contribution is -2.62. The Labute approximate surface area is 150 Å². The van der Waals surface area contributed by atoms with Crippen LogP contribution in [0.4, 0.5) is 5.69 Å². The lowest BCUT2D eigenvalue weighted by molar-refractivity contribution is -0.116. The minimum Gasteiger partial charge on any atom is -0.349 e. The van der Waals surface area contributed by atoms with Crippen LogP contribution in [-0.4, -0.2) is 28.9 Å². The van der Waals surface area contributed by atoms with E-state index in [4.69, 9.17) is 0 Å². The molecular formula is C20H29N3O2. The Morgan fingerprint density at radius 1 is 1.12 bits per heavy atom. The third kappa shape index (κ3) is 4.40. The van der Waals surface area contributed by atoms with Crippen LogP contribution in [0.3, 0.4) is 0 Å². The van der Waals surface area contributed by atoms with E-state index in [0.29, 0.717) is 12.0 Å². The zero-order valence-electron chi connectivity index (χ0n) is 15.7. The summed E-state index contributed by atoms with van der Waals surface area (Å²) in [5, 5.41) is 9.76. The van der Waals surface area contributed by atoms with Gasteiger partial charge in [-0.2, -0.15) is 0 Å². The number of anilines is 1. The number of nitrogens with one attached hydrogen (secondary N) is 3. The van der Waals surface area contributed by atoms with Gasteiger partial charge in [-0.1, -0.05) is 0 Å². The van der Waals surface area contributed by atoms with Crippen LogP contribution in [0.1, 0.15) is 69.3 Å². The minimum atomic E-state index is -0.0307. The molecule has 1 saturated heterocycles. The van der Waals surface area contributed by atoms with Gasteiger partial charge in [0, 0.05) is 34.8 Å². The number of fused-ring (bicyclic) bond motifs is 1. The van der Waals surface area contributed by atoms with Gasteiger partial charge in [0.15, 0.2) is 0 Å². The van der Waals surface area contributed by atoms with Crippen LogP contribution in [0.2, 0.25) is 0 Å². The Morgan fingerprint density at radius 2 is 1.80 bits per heavy atom. The first-order chi connectivity index (χ1) is 11.6. The van der Waals surface area contributed by atoms with Gasteiger partial charge in [0.2, 0.25) is 5.91 Å². The summed E-state index contributed by atoms with van der Waals surface area (Å²) in [6.07, 6.45) is 3.99. The predicted octanol–water partition coefficient (Wildman–Crippen LogP) is 3.00. The van der Waals surface area contributed by atoms with Gasteiger partial charge >= 0.3 is 0 Å². The van der Waals surface area contributed by atoms with E-state index in [1.807, 2.05) is 12.1 Å². The normalized spacial score (nSPS) is 22.5. The zero-order chi connectivity index (χ0) is 18.2. The Morgan fingerprint density at radius 3 is 2.48 bits per heavy atom. The van der Waals surface area contributed by atoms with Crippen LogP contribution in [-0.2, 0) is 11.2 Å². The molecule has 0 atom stereocenters. The molecule has 2 aliphatic rings. The second kappa shape index (κ2) is 6.45. The maximum Gasteiger partial charge on any atom is 0.251 e. The summed E-state index contributed by atoms with van der Waals surface area (Å²) >= 11 is 0. The van der Waals surface area contributed by atoms with Gasteiger partial charge in [-0.05, 0) is 77.1 Å². The molecule has 0 spiro atoms. The molecule has 1 fully saturated rings. The number of benzene rings is 1. The maximum absolute atomic E-state index is 12.8. The molecule has 2 amide bonds. The number of rotatable bonds is 2. The van der Waals surface area contributed by atoms with Crippen molar-refractivity contribution in [2.75, 3.05) is 5.32 Å². The Balaban J connectivity index is 1.73. The molecule has 0 radical (unpaired) electrons. The number of aryl methyl sites for hydroxylation is 1. The van der Waals surface area contributed by atoms with Crippen LogP contribution < -0.4 is 16.0 Å². The van der Waals surface area contributed by atoms with Gasteiger partial charge in [0.1, 0.15) is 0 Å². The number of carbonyl (C=O) groups excluding carboxylic acids is 2. The topological polar surface area (TPSA) is 70.2 Å². The summed E-state index contributed by atoms with van der Waals surface area (Å²) < 4.78 is 0. The van der Waals surface area contributed by atoms with Crippen LogP contribution in [0.15, 0.2) is 18.2 Å². The number of amides is 2. The highest BCUT2D eigenvalue weighted by molar-refractivity contribution is 5.97. The molecular weight excluding hydrogens is 314 g/mol. The molecule has 0 bridgehead atoms. The highest BCUT2D eigenvalue weighted by Crippen LogP contribution is 2.29. The van der Waals surface area contributed by atoms with Crippen molar-refractivity contribution in [2.45, 2.75) is 76.9 Å². The number of piperidine rings is 1. The van der Waals surface area contributed by atoms with Crippen molar-refractivity contribution in [1.29, 1.82) is 0 Å². The molecule has 1 aromatic carbocycles. The maximum atomic E-state index is 12.8. The van der Waals surface area contributed by atoms with Gasteiger partial charge in [-0.25, -0.2) is 0 Å². The molecule has 2 heterocycles. The van der Waals surface area contributed by atoms with Crippen LogP contribution in [0, 0.1) is 0 Å². The van der Waals surface area contributed by atoms with Gasteiger partial charge in [0.25, 0.3) is 5.91 Å². The Kier molecular flexibility index (Phi) is 4.62. The molecule has 0 aromatic heterocycles. The quantitative estimate of drug-likeness (QED) is 0.773. The highest BCUT2D eigenvalue weighted by atomic mass is 16.2. The van der Waals surface area contributed by atoms with Gasteiger partial charge in [-0.3, -0.25) is 9.59 Å². The van der Waals surface area contributed by atoms with Crippen molar-refractivity contribution in [3.8, 4) is 0 Å². The first-order valence-electron chi connectivity index (χ1n) is 9.17. The minimum absolute atomic E-state index is 0.00223. The first-order valence-corrected chi connectivity index (χ1v) is 9.17. The fraction of sp³-hybridized carbons (Fsp3) is 0.600. The highest BCUT2D eigenvalue weighted by Gasteiger charge is 2.38. The van der Waals surface area contributed by atoms with Crippen molar-refractivity contribution < 1.29 is 9.59 Å². The lowest BCUT2D eigenvalue weighted by Gasteiger charge is -2.46. The Hall–Kier alpha value is -1.88. The second-order valence-electron chi connectivity index (χ2n) is 8.75. The van der Waals surface area contributed by atoms with Crippen molar-refractivity contribution in [3.05, 3.63) is 29.3 Å². The average molecular weight is 343 g/mol. The van der Waals surface area contributed by atoms with E-state index in [1.165, 1.54) is 0 Å². The molecule has 3 N–H and O–H groups in total. The van der Waals surface area contributed by atoms with Crippen molar-refractivity contribution >= 4 is 17.5 Å². The lowest BCUT2D eigenvalue weighted by atomic mass is 9.79. The summed E-state index contributed by atoms with van der Waals surface area (Å²) in [6.45, 7) is 8.71. The molecule has 0 aliphatic carbocycles. The SMILES string of the molecule is CC1(C)CC(NC(=O)c2ccc3c(c2)CCCC(=O)N3)CC(C)(C)N1. The van der Waals surface area contributed by atoms with Gasteiger partial charge in [0.05, 0.1) is 0 Å². The van der Waals surface area contributed by atoms with E-state index in [9.17, 15) is 9.59 Å². The van der Waals surface area contributed by atoms with Crippen LogP contribution >= 0.6 is 0 Å². The molecule has 5 nitrogen and oxygen atoms in total. The third-order valence-electron chi connectivity index (χ3n) is 5.02. The molecule has 2 aliphatic heterocycles. The summed E-state index contributed by atoms with van der Waals surface area (Å²) in [5.41, 5.74) is 2.55. The summed E-state index contributed by atoms with van der Waals surface area (Å²) in [4.78, 5) is 24.4. The van der Waals surface area contributed by atoms with Crippen LogP contribution in [0.5, 0.6) is 0 Å².